The number of halogens is 3. The van der Waals surface area contributed by atoms with E-state index < -0.39 is 0 Å². The van der Waals surface area contributed by atoms with Crippen molar-refractivity contribution in [3.8, 4) is 0 Å². The van der Waals surface area contributed by atoms with Crippen LogP contribution in [0.1, 0.15) is 54.5 Å². The Morgan fingerprint density at radius 2 is 1.07 bits per heavy atom. The van der Waals surface area contributed by atoms with E-state index in [0.717, 1.165) is 27.4 Å². The van der Waals surface area contributed by atoms with Crippen LogP contribution in [0, 0.1) is 86.8 Å². The van der Waals surface area contributed by atoms with Gasteiger partial charge in [-0.2, -0.15) is 4.39 Å². The van der Waals surface area contributed by atoms with Gasteiger partial charge in [-0.3, -0.25) is 9.97 Å². The predicted octanol–water partition coefficient (Wildman–Crippen LogP) is 9.58. The van der Waals surface area contributed by atoms with Gasteiger partial charge < -0.3 is 0 Å². The van der Waals surface area contributed by atoms with Crippen LogP contribution in [0.15, 0.2) is 67.4 Å². The Labute approximate surface area is 252 Å². The Bertz CT molecular complexity index is 1380. The third-order valence-corrected chi connectivity index (χ3v) is 6.22. The van der Waals surface area contributed by atoms with Crippen molar-refractivity contribution in [3.05, 3.63) is 139 Å². The highest BCUT2D eigenvalue weighted by molar-refractivity contribution is 7.11. The SMILES string of the molecule is Cc1cc(C)c(F)cn1.Cc1ccc(F)c(C)c1.Cc1cnc(C)s1.Cc1cnc(F)c(C)c1.Cc1cncc(C)c1. The molecule has 4 aromatic heterocycles. The summed E-state index contributed by atoms with van der Waals surface area (Å²) in [6.07, 6.45) is 8.35. The Morgan fingerprint density at radius 1 is 0.500 bits per heavy atom. The van der Waals surface area contributed by atoms with Crippen LogP contribution in [-0.4, -0.2) is 19.9 Å². The van der Waals surface area contributed by atoms with Crippen LogP contribution in [0.25, 0.3) is 0 Å². The fraction of sp³-hybridized carbons (Fsp3) is 0.294. The lowest BCUT2D eigenvalue weighted by Gasteiger charge is -1.95. The lowest BCUT2D eigenvalue weighted by molar-refractivity contribution is 0.573. The van der Waals surface area contributed by atoms with Crippen molar-refractivity contribution >= 4 is 11.3 Å². The fourth-order valence-corrected chi connectivity index (χ4v) is 4.02. The van der Waals surface area contributed by atoms with Gasteiger partial charge in [0, 0.05) is 40.9 Å². The molecule has 0 bridgehead atoms. The molecule has 8 heteroatoms. The van der Waals surface area contributed by atoms with Gasteiger partial charge in [0.25, 0.3) is 0 Å². The Kier molecular flexibility index (Phi) is 15.9. The first-order valence-electron chi connectivity index (χ1n) is 13.4. The number of pyridine rings is 3. The maximum Gasteiger partial charge on any atom is 0.215 e. The highest BCUT2D eigenvalue weighted by atomic mass is 32.1. The van der Waals surface area contributed by atoms with E-state index in [1.54, 1.807) is 50.3 Å². The molecule has 0 N–H and O–H groups in total. The van der Waals surface area contributed by atoms with E-state index >= 15 is 0 Å². The second-order valence-corrected chi connectivity index (χ2v) is 11.4. The van der Waals surface area contributed by atoms with Gasteiger partial charge >= 0.3 is 0 Å². The molecular formula is C34H41F3N4S. The molecule has 1 aromatic carbocycles. The van der Waals surface area contributed by atoms with Crippen LogP contribution in [0.3, 0.4) is 0 Å². The third-order valence-electron chi connectivity index (χ3n) is 5.40. The van der Waals surface area contributed by atoms with Crippen LogP contribution in [0.5, 0.6) is 0 Å². The quantitative estimate of drug-likeness (QED) is 0.168. The summed E-state index contributed by atoms with van der Waals surface area (Å²) in [6, 6.07) is 10.7. The Hall–Kier alpha value is -3.91. The highest BCUT2D eigenvalue weighted by Crippen LogP contribution is 2.08. The predicted molar refractivity (Wildman–Crippen MR) is 169 cm³/mol. The monoisotopic (exact) mass is 594 g/mol. The highest BCUT2D eigenvalue weighted by Gasteiger charge is 1.96. The standard InChI is InChI=1S/C8H9F.2C7H8FN.C7H9N.C5H7NS/c1-6-3-4-8(9)7(2)5-6;1-5-3-6(2)9-4-7(5)8;1-5-3-6(2)7(8)9-4-5;1-6-3-7(2)5-8-4-6;1-4-3-6-5(2)7-4/h3-5H,1-2H3;2*3-4H,1-2H3;3-5H,1-2H3;3H,1-2H3. The molecule has 0 saturated carbocycles. The van der Waals surface area contributed by atoms with Crippen molar-refractivity contribution in [2.45, 2.75) is 69.2 Å². The Balaban J connectivity index is 0.000000263. The maximum absolute atomic E-state index is 12.5. The Morgan fingerprint density at radius 3 is 1.43 bits per heavy atom. The van der Waals surface area contributed by atoms with Gasteiger partial charge in [-0.25, -0.2) is 18.7 Å². The summed E-state index contributed by atoms with van der Waals surface area (Å²) in [6.45, 7) is 19.0. The van der Waals surface area contributed by atoms with E-state index in [1.165, 1.54) is 34.5 Å². The van der Waals surface area contributed by atoms with Gasteiger partial charge in [0.1, 0.15) is 11.6 Å². The molecule has 224 valence electrons. The first kappa shape index (κ1) is 36.1. The number of rotatable bonds is 0. The molecule has 42 heavy (non-hydrogen) atoms. The molecular weight excluding hydrogens is 553 g/mol. The summed E-state index contributed by atoms with van der Waals surface area (Å²) in [5, 5.41) is 1.15. The van der Waals surface area contributed by atoms with E-state index in [1.807, 2.05) is 66.2 Å². The second kappa shape index (κ2) is 18.5. The maximum atomic E-state index is 12.5. The minimum atomic E-state index is -0.374. The minimum Gasteiger partial charge on any atom is -0.264 e. The van der Waals surface area contributed by atoms with Gasteiger partial charge in [0.15, 0.2) is 0 Å². The van der Waals surface area contributed by atoms with Gasteiger partial charge in [0.05, 0.1) is 11.2 Å². The number of benzene rings is 1. The molecule has 5 rings (SSSR count). The molecule has 0 aliphatic heterocycles. The normalized spacial score (nSPS) is 9.55. The molecule has 0 aliphatic rings. The van der Waals surface area contributed by atoms with E-state index in [4.69, 9.17) is 0 Å². The van der Waals surface area contributed by atoms with Gasteiger partial charge in [0.2, 0.25) is 5.95 Å². The molecule has 0 spiro atoms. The van der Waals surface area contributed by atoms with E-state index in [-0.39, 0.29) is 17.6 Å². The van der Waals surface area contributed by atoms with Gasteiger partial charge in [-0.15, -0.1) is 11.3 Å². The first-order valence-corrected chi connectivity index (χ1v) is 14.2. The van der Waals surface area contributed by atoms with Crippen LogP contribution in [-0.2, 0) is 0 Å². The third kappa shape index (κ3) is 15.2. The molecule has 4 nitrogen and oxygen atoms in total. The molecule has 5 aromatic rings. The average molecular weight is 595 g/mol. The molecule has 0 atom stereocenters. The lowest BCUT2D eigenvalue weighted by atomic mass is 10.1. The fourth-order valence-electron chi connectivity index (χ4n) is 3.35. The summed E-state index contributed by atoms with van der Waals surface area (Å²) in [7, 11) is 0. The number of thiazole rings is 1. The van der Waals surface area contributed by atoms with Crippen molar-refractivity contribution < 1.29 is 13.2 Å². The molecule has 0 radical (unpaired) electrons. The number of aromatic nitrogens is 4. The van der Waals surface area contributed by atoms with Crippen LogP contribution in [0.2, 0.25) is 0 Å². The summed E-state index contributed by atoms with van der Waals surface area (Å²) in [4.78, 5) is 16.6. The molecule has 0 aliphatic carbocycles. The molecule has 0 saturated heterocycles. The molecule has 0 fully saturated rings. The number of hydrogen-bond donors (Lipinski definition) is 0. The average Bonchev–Trinajstić information content (AvgIpc) is 3.30. The summed E-state index contributed by atoms with van der Waals surface area (Å²) < 4.78 is 37.3. The van der Waals surface area contributed by atoms with E-state index in [9.17, 15) is 13.2 Å². The zero-order chi connectivity index (χ0) is 31.8. The van der Waals surface area contributed by atoms with E-state index in [2.05, 4.69) is 32.9 Å². The number of aryl methyl sites for hydroxylation is 10. The number of hydrogen-bond acceptors (Lipinski definition) is 5. The first-order chi connectivity index (χ1) is 19.7. The van der Waals surface area contributed by atoms with Crippen molar-refractivity contribution in [2.24, 2.45) is 0 Å². The smallest absolute Gasteiger partial charge is 0.215 e. The number of nitrogens with zero attached hydrogens (tertiary/aromatic N) is 4. The second-order valence-electron chi connectivity index (χ2n) is 9.98. The van der Waals surface area contributed by atoms with Crippen LogP contribution < -0.4 is 0 Å². The van der Waals surface area contributed by atoms with Crippen molar-refractivity contribution in [3.63, 3.8) is 0 Å². The lowest BCUT2D eigenvalue weighted by Crippen LogP contribution is -1.87. The van der Waals surface area contributed by atoms with Crippen molar-refractivity contribution in [1.82, 2.24) is 19.9 Å². The van der Waals surface area contributed by atoms with E-state index in [0.29, 0.717) is 11.1 Å². The van der Waals surface area contributed by atoms with Crippen molar-refractivity contribution in [1.29, 1.82) is 0 Å². The van der Waals surface area contributed by atoms with Gasteiger partial charge in [-0.05, 0) is 109 Å². The van der Waals surface area contributed by atoms with Crippen LogP contribution in [0.4, 0.5) is 13.2 Å². The molecule has 0 unspecified atom stereocenters. The van der Waals surface area contributed by atoms with Crippen LogP contribution >= 0.6 is 11.3 Å². The zero-order valence-corrected chi connectivity index (χ0v) is 27.0. The topological polar surface area (TPSA) is 51.6 Å². The molecule has 4 heterocycles. The zero-order valence-electron chi connectivity index (χ0n) is 26.2. The molecule has 0 amide bonds. The largest absolute Gasteiger partial charge is 0.264 e. The van der Waals surface area contributed by atoms with Gasteiger partial charge in [-0.1, -0.05) is 29.8 Å². The minimum absolute atomic E-state index is 0.124. The van der Waals surface area contributed by atoms with Crippen molar-refractivity contribution in [2.75, 3.05) is 0 Å². The summed E-state index contributed by atoms with van der Waals surface area (Å²) in [5.41, 5.74) is 7.39. The summed E-state index contributed by atoms with van der Waals surface area (Å²) in [5.74, 6) is -0.734. The summed E-state index contributed by atoms with van der Waals surface area (Å²) >= 11 is 1.73.